The molecule has 0 aromatic heterocycles. The van der Waals surface area contributed by atoms with Crippen molar-refractivity contribution >= 4 is 27.6 Å². The van der Waals surface area contributed by atoms with Gasteiger partial charge in [0, 0.05) is 19.3 Å². The highest BCUT2D eigenvalue weighted by Crippen LogP contribution is 2.20. The molecule has 0 heterocycles. The maximum absolute atomic E-state index is 12.7. The van der Waals surface area contributed by atoms with Crippen LogP contribution in [0.3, 0.4) is 0 Å². The monoisotopic (exact) mass is 420 g/mol. The van der Waals surface area contributed by atoms with E-state index in [1.54, 1.807) is 25.1 Å². The minimum Gasteiger partial charge on any atom is -0.452 e. The van der Waals surface area contributed by atoms with Gasteiger partial charge >= 0.3 is 5.97 Å². The molecule has 0 saturated heterocycles. The van der Waals surface area contributed by atoms with Gasteiger partial charge in [-0.2, -0.15) is 0 Å². The fourth-order valence-corrected chi connectivity index (χ4v) is 3.54. The summed E-state index contributed by atoms with van der Waals surface area (Å²) >= 11 is 0. The number of esters is 1. The van der Waals surface area contributed by atoms with Crippen molar-refractivity contribution in [2.24, 2.45) is 0 Å². The summed E-state index contributed by atoms with van der Waals surface area (Å²) < 4.78 is 37.6. The molecule has 2 aromatic rings. The molecule has 2 N–H and O–H groups in total. The van der Waals surface area contributed by atoms with E-state index < -0.39 is 28.5 Å². The standard InChI is InChI=1S/C20H24N2O6S/c1-14-5-4-6-16(11-14)22-29(25,26)17-8-7-15(2)18(12-17)20(24)28-13-19(23)21-9-10-27-3/h4-8,11-12,22H,9-10,13H2,1-3H3,(H,21,23). The average molecular weight is 420 g/mol. The Hall–Kier alpha value is -2.91. The molecule has 0 fully saturated rings. The third kappa shape index (κ3) is 6.58. The maximum Gasteiger partial charge on any atom is 0.338 e. The highest BCUT2D eigenvalue weighted by atomic mass is 32.2. The van der Waals surface area contributed by atoms with Crippen molar-refractivity contribution in [1.29, 1.82) is 0 Å². The topological polar surface area (TPSA) is 111 Å². The van der Waals surface area contributed by atoms with Crippen LogP contribution >= 0.6 is 0 Å². The van der Waals surface area contributed by atoms with Crippen LogP contribution in [0.15, 0.2) is 47.4 Å². The maximum atomic E-state index is 12.7. The Morgan fingerprint density at radius 3 is 2.52 bits per heavy atom. The number of nitrogens with one attached hydrogen (secondary N) is 2. The SMILES string of the molecule is COCCNC(=O)COC(=O)c1cc(S(=O)(=O)Nc2cccc(C)c2)ccc1C. The first-order chi connectivity index (χ1) is 13.7. The number of methoxy groups -OCH3 is 1. The van der Waals surface area contributed by atoms with Crippen LogP contribution in [0, 0.1) is 13.8 Å². The second kappa shape index (κ2) is 10.0. The van der Waals surface area contributed by atoms with Gasteiger partial charge in [-0.15, -0.1) is 0 Å². The molecule has 1 amide bonds. The van der Waals surface area contributed by atoms with Crippen molar-refractivity contribution in [2.75, 3.05) is 31.6 Å². The highest BCUT2D eigenvalue weighted by molar-refractivity contribution is 7.92. The average Bonchev–Trinajstić information content (AvgIpc) is 2.66. The third-order valence-corrected chi connectivity index (χ3v) is 5.35. The van der Waals surface area contributed by atoms with E-state index >= 15 is 0 Å². The van der Waals surface area contributed by atoms with E-state index in [0.717, 1.165) is 5.56 Å². The summed E-state index contributed by atoms with van der Waals surface area (Å²) in [6.07, 6.45) is 0. The molecular weight excluding hydrogens is 396 g/mol. The van der Waals surface area contributed by atoms with Crippen molar-refractivity contribution in [3.63, 3.8) is 0 Å². The first-order valence-corrected chi connectivity index (χ1v) is 10.3. The van der Waals surface area contributed by atoms with E-state index in [1.807, 2.05) is 13.0 Å². The predicted molar refractivity (Wildman–Crippen MR) is 108 cm³/mol. The van der Waals surface area contributed by atoms with Crippen LogP contribution in [0.4, 0.5) is 5.69 Å². The number of carbonyl (C=O) groups excluding carboxylic acids is 2. The van der Waals surface area contributed by atoms with E-state index in [1.165, 1.54) is 25.3 Å². The Morgan fingerprint density at radius 1 is 1.07 bits per heavy atom. The predicted octanol–water partition coefficient (Wildman–Crippen LogP) is 2.02. The molecule has 8 nitrogen and oxygen atoms in total. The largest absolute Gasteiger partial charge is 0.452 e. The van der Waals surface area contributed by atoms with Crippen molar-refractivity contribution in [2.45, 2.75) is 18.7 Å². The summed E-state index contributed by atoms with van der Waals surface area (Å²) in [5, 5.41) is 2.53. The Labute approximate surface area is 170 Å². The zero-order valence-corrected chi connectivity index (χ0v) is 17.3. The van der Waals surface area contributed by atoms with Crippen LogP contribution in [0.5, 0.6) is 0 Å². The molecule has 0 saturated carbocycles. The van der Waals surface area contributed by atoms with Gasteiger partial charge in [0.2, 0.25) is 0 Å². The number of amides is 1. The van der Waals surface area contributed by atoms with Crippen molar-refractivity contribution in [3.8, 4) is 0 Å². The summed E-state index contributed by atoms with van der Waals surface area (Å²) in [6, 6.07) is 11.1. The Bertz CT molecular complexity index is 988. The van der Waals surface area contributed by atoms with Crippen LogP contribution in [0.25, 0.3) is 0 Å². The van der Waals surface area contributed by atoms with Crippen LogP contribution in [0.1, 0.15) is 21.5 Å². The summed E-state index contributed by atoms with van der Waals surface area (Å²) in [4.78, 5) is 23.9. The van der Waals surface area contributed by atoms with Crippen LogP contribution in [-0.4, -0.2) is 47.2 Å². The lowest BCUT2D eigenvalue weighted by atomic mass is 10.1. The summed E-state index contributed by atoms with van der Waals surface area (Å²) in [5.74, 6) is -1.25. The number of ether oxygens (including phenoxy) is 2. The first-order valence-electron chi connectivity index (χ1n) is 8.86. The van der Waals surface area contributed by atoms with Gasteiger partial charge in [-0.1, -0.05) is 18.2 Å². The van der Waals surface area contributed by atoms with Gasteiger partial charge < -0.3 is 14.8 Å². The van der Waals surface area contributed by atoms with Gasteiger partial charge in [0.15, 0.2) is 6.61 Å². The van der Waals surface area contributed by atoms with E-state index in [9.17, 15) is 18.0 Å². The number of anilines is 1. The lowest BCUT2D eigenvalue weighted by Crippen LogP contribution is -2.31. The first kappa shape index (κ1) is 22.4. The van der Waals surface area contributed by atoms with Crippen LogP contribution < -0.4 is 10.0 Å². The third-order valence-electron chi connectivity index (χ3n) is 3.97. The minimum atomic E-state index is -3.90. The number of benzene rings is 2. The van der Waals surface area contributed by atoms with Gasteiger partial charge in [-0.05, 0) is 49.2 Å². The number of rotatable bonds is 9. The zero-order valence-electron chi connectivity index (χ0n) is 16.5. The van der Waals surface area contributed by atoms with Gasteiger partial charge in [0.1, 0.15) is 0 Å². The zero-order chi connectivity index (χ0) is 21.4. The smallest absolute Gasteiger partial charge is 0.338 e. The van der Waals surface area contributed by atoms with Gasteiger partial charge in [0.05, 0.1) is 17.1 Å². The Balaban J connectivity index is 2.12. The molecule has 0 unspecified atom stereocenters. The molecule has 0 aliphatic carbocycles. The lowest BCUT2D eigenvalue weighted by Gasteiger charge is -2.12. The van der Waals surface area contributed by atoms with E-state index in [2.05, 4.69) is 10.0 Å². The summed E-state index contributed by atoms with van der Waals surface area (Å²) in [6.45, 7) is 3.67. The van der Waals surface area contributed by atoms with Crippen LogP contribution in [0.2, 0.25) is 0 Å². The van der Waals surface area contributed by atoms with Crippen molar-refractivity contribution in [3.05, 3.63) is 59.2 Å². The number of carbonyl (C=O) groups is 2. The molecule has 9 heteroatoms. The fourth-order valence-electron chi connectivity index (χ4n) is 2.46. The van der Waals surface area contributed by atoms with Crippen LogP contribution in [-0.2, 0) is 24.3 Å². The molecule has 0 spiro atoms. The summed E-state index contributed by atoms with van der Waals surface area (Å²) in [7, 11) is -2.40. The Kier molecular flexibility index (Phi) is 7.74. The molecule has 29 heavy (non-hydrogen) atoms. The number of hydrogen-bond donors (Lipinski definition) is 2. The molecule has 0 radical (unpaired) electrons. The number of hydrogen-bond acceptors (Lipinski definition) is 6. The Morgan fingerprint density at radius 2 is 1.83 bits per heavy atom. The van der Waals surface area contributed by atoms with E-state index in [-0.39, 0.29) is 10.5 Å². The minimum absolute atomic E-state index is 0.0711. The normalized spacial score (nSPS) is 11.0. The fraction of sp³-hybridized carbons (Fsp3) is 0.300. The lowest BCUT2D eigenvalue weighted by molar-refractivity contribution is -0.124. The molecule has 156 valence electrons. The molecular formula is C20H24N2O6S. The van der Waals surface area contributed by atoms with Crippen molar-refractivity contribution < 1.29 is 27.5 Å². The van der Waals surface area contributed by atoms with Gasteiger partial charge in [-0.3, -0.25) is 9.52 Å². The number of aryl methyl sites for hydroxylation is 2. The van der Waals surface area contributed by atoms with Crippen molar-refractivity contribution in [1.82, 2.24) is 5.32 Å². The summed E-state index contributed by atoms with van der Waals surface area (Å²) in [5.41, 5.74) is 1.93. The molecule has 0 bridgehead atoms. The number of sulfonamides is 1. The van der Waals surface area contributed by atoms with E-state index in [4.69, 9.17) is 9.47 Å². The molecule has 2 aromatic carbocycles. The van der Waals surface area contributed by atoms with Gasteiger partial charge in [-0.25, -0.2) is 13.2 Å². The molecule has 0 atom stereocenters. The van der Waals surface area contributed by atoms with Gasteiger partial charge in [0.25, 0.3) is 15.9 Å². The quantitative estimate of drug-likeness (QED) is 0.474. The second-order valence-electron chi connectivity index (χ2n) is 6.37. The van der Waals surface area contributed by atoms with E-state index in [0.29, 0.717) is 24.4 Å². The molecule has 0 aliphatic rings. The molecule has 2 rings (SSSR count). The highest BCUT2D eigenvalue weighted by Gasteiger charge is 2.19. The molecule has 0 aliphatic heterocycles. The second-order valence-corrected chi connectivity index (χ2v) is 8.05.